The molecule has 0 aliphatic heterocycles. The van der Waals surface area contributed by atoms with Crippen molar-refractivity contribution in [2.75, 3.05) is 7.05 Å². The number of hydrogen-bond acceptors (Lipinski definition) is 4. The zero-order valence-corrected chi connectivity index (χ0v) is 19.0. The van der Waals surface area contributed by atoms with Crippen molar-refractivity contribution in [2.45, 2.75) is 110 Å². The highest BCUT2D eigenvalue weighted by molar-refractivity contribution is 5.77. The van der Waals surface area contributed by atoms with Crippen LogP contribution in [0.5, 0.6) is 0 Å². The lowest BCUT2D eigenvalue weighted by Gasteiger charge is -2.59. The maximum atomic E-state index is 13.6. The van der Waals surface area contributed by atoms with Crippen LogP contribution >= 0.6 is 0 Å². The lowest BCUT2D eigenvalue weighted by atomic mass is 9.52. The summed E-state index contributed by atoms with van der Waals surface area (Å²) in [5, 5.41) is 0. The van der Waals surface area contributed by atoms with Crippen LogP contribution < -0.4 is 0 Å². The van der Waals surface area contributed by atoms with Gasteiger partial charge in [0.25, 0.3) is 0 Å². The second kappa shape index (κ2) is 7.00. The number of nitrogens with zero attached hydrogens (tertiary/aromatic N) is 1. The molecule has 4 saturated carbocycles. The molecule has 0 aromatic rings. The van der Waals surface area contributed by atoms with Crippen LogP contribution in [-0.4, -0.2) is 40.5 Å². The van der Waals surface area contributed by atoms with Crippen LogP contribution in [0.25, 0.3) is 0 Å². The van der Waals surface area contributed by atoms with Gasteiger partial charge in [0.2, 0.25) is 0 Å². The Balaban J connectivity index is 1.99. The number of amides is 2. The topological polar surface area (TPSA) is 52.6 Å². The highest BCUT2D eigenvalue weighted by Crippen LogP contribution is 2.60. The normalized spacial score (nSPS) is 32.3. The Hall–Kier alpha value is -1.10. The van der Waals surface area contributed by atoms with Crippen LogP contribution in [-0.2, 0) is 9.47 Å². The zero-order chi connectivity index (χ0) is 21.0. The molecule has 5 heteroatoms. The van der Waals surface area contributed by atoms with Crippen molar-refractivity contribution in [2.24, 2.45) is 17.8 Å². The van der Waals surface area contributed by atoms with Gasteiger partial charge in [0.05, 0.1) is 7.05 Å². The minimum atomic E-state index is -0.598. The van der Waals surface area contributed by atoms with Crippen molar-refractivity contribution in [3.63, 3.8) is 0 Å². The fourth-order valence-corrected chi connectivity index (χ4v) is 5.87. The first-order valence-electron chi connectivity index (χ1n) is 11.2. The van der Waals surface area contributed by atoms with Crippen molar-refractivity contribution < 1.29 is 23.5 Å². The summed E-state index contributed by atoms with van der Waals surface area (Å²) in [6, 6.07) is 0. The van der Waals surface area contributed by atoms with Gasteiger partial charge in [-0.3, -0.25) is 0 Å². The molecule has 4 aliphatic rings. The van der Waals surface area contributed by atoms with Gasteiger partial charge in [0.1, 0.15) is 16.7 Å². The predicted molar refractivity (Wildman–Crippen MR) is 109 cm³/mol. The molecule has 4 fully saturated rings. The van der Waals surface area contributed by atoms with Gasteiger partial charge in [-0.25, -0.2) is 0 Å². The summed E-state index contributed by atoms with van der Waals surface area (Å²) in [6.07, 6.45) is 7.08. The van der Waals surface area contributed by atoms with Gasteiger partial charge in [0, 0.05) is 19.3 Å². The molecular weight excluding hydrogens is 354 g/mol. The van der Waals surface area contributed by atoms with Crippen LogP contribution in [0.2, 0.25) is 0 Å². The molecule has 28 heavy (non-hydrogen) atoms. The van der Waals surface area contributed by atoms with Gasteiger partial charge < -0.3 is 9.47 Å². The minimum Gasteiger partial charge on any atom is -0.414 e. The lowest BCUT2D eigenvalue weighted by molar-refractivity contribution is -0.833. The average Bonchev–Trinajstić information content (AvgIpc) is 2.58. The van der Waals surface area contributed by atoms with E-state index in [4.69, 9.17) is 9.47 Å². The molecule has 0 heterocycles. The van der Waals surface area contributed by atoms with Gasteiger partial charge in [-0.05, 0) is 77.6 Å². The summed E-state index contributed by atoms with van der Waals surface area (Å²) >= 11 is 0. The Morgan fingerprint density at radius 1 is 0.821 bits per heavy atom. The molecule has 160 valence electrons. The Labute approximate surface area is 170 Å². The summed E-state index contributed by atoms with van der Waals surface area (Å²) < 4.78 is 11.5. The molecule has 4 aliphatic carbocycles. The van der Waals surface area contributed by atoms with Crippen molar-refractivity contribution in [1.82, 2.24) is 0 Å². The van der Waals surface area contributed by atoms with E-state index in [0.717, 1.165) is 19.3 Å². The van der Waals surface area contributed by atoms with E-state index in [-0.39, 0.29) is 10.0 Å². The van der Waals surface area contributed by atoms with Crippen molar-refractivity contribution >= 4 is 12.2 Å². The van der Waals surface area contributed by atoms with E-state index in [1.54, 1.807) is 7.05 Å². The first-order valence-corrected chi connectivity index (χ1v) is 11.2. The number of carbonyl (C=O) groups is 2. The highest BCUT2D eigenvalue weighted by atomic mass is 16.6. The minimum absolute atomic E-state index is 0.358. The molecule has 0 N–H and O–H groups in total. The van der Waals surface area contributed by atoms with Crippen LogP contribution in [0.3, 0.4) is 0 Å². The van der Waals surface area contributed by atoms with Crippen LogP contribution in [0.1, 0.15) is 92.9 Å². The molecule has 4 bridgehead atoms. The summed E-state index contributed by atoms with van der Waals surface area (Å²) in [5.74, 6) is 1.88. The molecular formula is C23H40NO4+. The summed E-state index contributed by atoms with van der Waals surface area (Å²) in [4.78, 5) is 27.2. The van der Waals surface area contributed by atoms with Crippen molar-refractivity contribution in [3.8, 4) is 0 Å². The number of hydrogen-bond donors (Lipinski definition) is 0. The number of carbonyl (C=O) groups excluding carboxylic acids is 2. The van der Waals surface area contributed by atoms with Crippen LogP contribution in [0, 0.1) is 17.8 Å². The lowest BCUT2D eigenvalue weighted by Crippen LogP contribution is -2.73. The number of rotatable bonds is 5. The molecule has 0 spiro atoms. The van der Waals surface area contributed by atoms with Gasteiger partial charge in [0.15, 0.2) is 0 Å². The highest BCUT2D eigenvalue weighted by Gasteiger charge is 2.68. The Kier molecular flexibility index (Phi) is 5.40. The maximum Gasteiger partial charge on any atom is 0.527 e. The second-order valence-electron chi connectivity index (χ2n) is 11.1. The van der Waals surface area contributed by atoms with E-state index in [2.05, 4.69) is 0 Å². The van der Waals surface area contributed by atoms with E-state index in [0.29, 0.717) is 30.6 Å². The van der Waals surface area contributed by atoms with Crippen LogP contribution in [0.15, 0.2) is 0 Å². The third kappa shape index (κ3) is 3.59. The van der Waals surface area contributed by atoms with Crippen LogP contribution in [0.4, 0.5) is 9.59 Å². The standard InChI is InChI=1S/C23H40NO4/c1-8-21(3,4)27-19(25)24(7,20(26)28-22(5,6)9-2)23-13-16-10-17(14-23)12-18(11-16)15-23/h16-18H,8-15H2,1-7H3/q+1. The molecule has 4 rings (SSSR count). The number of ether oxygens (including phenoxy) is 2. The molecule has 0 atom stereocenters. The molecule has 0 saturated heterocycles. The Bertz CT molecular complexity index is 571. The summed E-state index contributed by atoms with van der Waals surface area (Å²) in [6.45, 7) is 11.7. The Morgan fingerprint density at radius 3 is 1.43 bits per heavy atom. The average molecular weight is 395 g/mol. The fraction of sp³-hybridized carbons (Fsp3) is 0.913. The van der Waals surface area contributed by atoms with Gasteiger partial charge in [-0.1, -0.05) is 13.8 Å². The predicted octanol–water partition coefficient (Wildman–Crippen LogP) is 6.05. The SMILES string of the molecule is CCC(C)(C)OC(=O)[N+](C)(C(=O)OC(C)(C)CC)C12CC3CC(CC(C3)C1)C2. The maximum absolute atomic E-state index is 13.6. The molecule has 0 unspecified atom stereocenters. The number of imide groups is 1. The molecule has 0 radical (unpaired) electrons. The van der Waals surface area contributed by atoms with Gasteiger partial charge >= 0.3 is 12.2 Å². The van der Waals surface area contributed by atoms with Gasteiger partial charge in [-0.2, -0.15) is 9.59 Å². The van der Waals surface area contributed by atoms with Crippen molar-refractivity contribution in [1.29, 1.82) is 0 Å². The van der Waals surface area contributed by atoms with Crippen molar-refractivity contribution in [3.05, 3.63) is 0 Å². The monoisotopic (exact) mass is 394 g/mol. The molecule has 0 aromatic heterocycles. The third-order valence-electron chi connectivity index (χ3n) is 8.11. The molecule has 2 amide bonds. The first-order chi connectivity index (χ1) is 12.9. The molecule has 0 aromatic carbocycles. The second-order valence-corrected chi connectivity index (χ2v) is 11.1. The summed E-state index contributed by atoms with van der Waals surface area (Å²) in [7, 11) is 1.77. The first kappa shape index (κ1) is 21.6. The third-order valence-corrected chi connectivity index (χ3v) is 8.11. The van der Waals surface area contributed by atoms with E-state index >= 15 is 0 Å². The Morgan fingerprint density at radius 2 is 1.14 bits per heavy atom. The van der Waals surface area contributed by atoms with E-state index < -0.39 is 23.4 Å². The fourth-order valence-electron chi connectivity index (χ4n) is 5.87. The van der Waals surface area contributed by atoms with Gasteiger partial charge in [-0.15, -0.1) is 4.48 Å². The smallest absolute Gasteiger partial charge is 0.414 e. The molecule has 5 nitrogen and oxygen atoms in total. The van der Waals surface area contributed by atoms with E-state index in [9.17, 15) is 9.59 Å². The zero-order valence-electron chi connectivity index (χ0n) is 19.0. The number of quaternary nitrogens is 1. The van der Waals surface area contributed by atoms with E-state index in [1.807, 2.05) is 41.5 Å². The largest absolute Gasteiger partial charge is 0.527 e. The summed E-state index contributed by atoms with van der Waals surface area (Å²) in [5.41, 5.74) is -1.57. The quantitative estimate of drug-likeness (QED) is 0.532. The van der Waals surface area contributed by atoms with E-state index in [1.165, 1.54) is 19.3 Å².